The number of ketones is 1. The first-order chi connectivity index (χ1) is 15.3. The number of ether oxygens (including phenoxy) is 1. The molecule has 0 atom stereocenters. The summed E-state index contributed by atoms with van der Waals surface area (Å²) in [6, 6.07) is 12.6. The van der Waals surface area contributed by atoms with Crippen molar-refractivity contribution in [1.82, 2.24) is 9.55 Å². The van der Waals surface area contributed by atoms with Crippen molar-refractivity contribution in [1.29, 1.82) is 0 Å². The van der Waals surface area contributed by atoms with E-state index in [4.69, 9.17) is 4.74 Å². The molecular formula is C25H21N3O4. The third kappa shape index (κ3) is 3.06. The number of hydrogen-bond acceptors (Lipinski definition) is 6. The van der Waals surface area contributed by atoms with Gasteiger partial charge in [0.1, 0.15) is 28.5 Å². The number of benzene rings is 2. The molecule has 0 saturated heterocycles. The quantitative estimate of drug-likeness (QED) is 0.473. The van der Waals surface area contributed by atoms with Crippen LogP contribution >= 0.6 is 0 Å². The topological polar surface area (TPSA) is 87.8 Å². The smallest absolute Gasteiger partial charge is 0.235 e. The van der Waals surface area contributed by atoms with Crippen molar-refractivity contribution < 1.29 is 19.7 Å². The van der Waals surface area contributed by atoms with Gasteiger partial charge in [0.2, 0.25) is 5.78 Å². The number of phenolic OH excluding ortho intramolecular Hbond substituents is 2. The lowest BCUT2D eigenvalue weighted by atomic mass is 10.00. The van der Waals surface area contributed by atoms with Gasteiger partial charge in [-0.05, 0) is 35.4 Å². The molecule has 0 radical (unpaired) electrons. The van der Waals surface area contributed by atoms with Gasteiger partial charge >= 0.3 is 0 Å². The zero-order valence-corrected chi connectivity index (χ0v) is 17.8. The Kier molecular flexibility index (Phi) is 4.41. The number of aromatic nitrogens is 2. The predicted octanol–water partition coefficient (Wildman–Crippen LogP) is 4.33. The van der Waals surface area contributed by atoms with E-state index in [0.717, 1.165) is 39.5 Å². The van der Waals surface area contributed by atoms with E-state index in [9.17, 15) is 15.0 Å². The number of anilines is 1. The highest BCUT2D eigenvalue weighted by Crippen LogP contribution is 2.41. The molecule has 7 nitrogen and oxygen atoms in total. The van der Waals surface area contributed by atoms with Crippen LogP contribution in [0.5, 0.6) is 17.2 Å². The average Bonchev–Trinajstić information content (AvgIpc) is 3.24. The normalized spacial score (nSPS) is 14.1. The van der Waals surface area contributed by atoms with Crippen LogP contribution in [-0.4, -0.2) is 39.6 Å². The SMILES string of the molecule is CN(C)c1cccc(-c2ccnc3c2c(/C=C2\Oc4cc(O)cc(O)c4C2=O)cn3C)c1. The number of carbonyl (C=O) groups is 1. The van der Waals surface area contributed by atoms with Crippen LogP contribution in [0.3, 0.4) is 0 Å². The van der Waals surface area contributed by atoms with Gasteiger partial charge in [0.05, 0.1) is 0 Å². The van der Waals surface area contributed by atoms with Gasteiger partial charge in [-0.25, -0.2) is 4.98 Å². The van der Waals surface area contributed by atoms with Crippen molar-refractivity contribution in [3.63, 3.8) is 0 Å². The molecule has 2 aromatic heterocycles. The molecule has 2 aromatic carbocycles. The number of phenols is 2. The van der Waals surface area contributed by atoms with Crippen molar-refractivity contribution in [2.75, 3.05) is 19.0 Å². The fourth-order valence-electron chi connectivity index (χ4n) is 4.06. The monoisotopic (exact) mass is 427 g/mol. The molecule has 0 fully saturated rings. The molecule has 0 aliphatic carbocycles. The Morgan fingerprint density at radius 2 is 1.94 bits per heavy atom. The molecule has 1 aliphatic rings. The summed E-state index contributed by atoms with van der Waals surface area (Å²) in [5.41, 5.74) is 4.66. The third-order valence-electron chi connectivity index (χ3n) is 5.58. The number of nitrogens with zero attached hydrogens (tertiary/aromatic N) is 3. The summed E-state index contributed by atoms with van der Waals surface area (Å²) in [5.74, 6) is -0.710. The van der Waals surface area contributed by atoms with E-state index in [1.807, 2.05) is 61.1 Å². The van der Waals surface area contributed by atoms with Gasteiger partial charge in [-0.3, -0.25) is 4.79 Å². The lowest BCUT2D eigenvalue weighted by Gasteiger charge is -2.14. The van der Waals surface area contributed by atoms with Crippen LogP contribution in [-0.2, 0) is 7.05 Å². The number of carbonyl (C=O) groups excluding carboxylic acids is 1. The summed E-state index contributed by atoms with van der Waals surface area (Å²) in [4.78, 5) is 19.5. The Hall–Kier alpha value is -4.26. The lowest BCUT2D eigenvalue weighted by Crippen LogP contribution is -2.08. The molecule has 3 heterocycles. The van der Waals surface area contributed by atoms with Crippen LogP contribution in [0.15, 0.2) is 60.6 Å². The van der Waals surface area contributed by atoms with E-state index in [2.05, 4.69) is 11.1 Å². The molecule has 4 aromatic rings. The predicted molar refractivity (Wildman–Crippen MR) is 123 cm³/mol. The Morgan fingerprint density at radius 3 is 2.72 bits per heavy atom. The third-order valence-corrected chi connectivity index (χ3v) is 5.58. The second-order valence-corrected chi connectivity index (χ2v) is 7.98. The summed E-state index contributed by atoms with van der Waals surface area (Å²) >= 11 is 0. The molecule has 0 bridgehead atoms. The zero-order chi connectivity index (χ0) is 22.6. The largest absolute Gasteiger partial charge is 0.508 e. The summed E-state index contributed by atoms with van der Waals surface area (Å²) in [6.45, 7) is 0. The molecule has 32 heavy (non-hydrogen) atoms. The van der Waals surface area contributed by atoms with Gasteiger partial charge in [-0.15, -0.1) is 0 Å². The van der Waals surface area contributed by atoms with Crippen molar-refractivity contribution in [3.8, 4) is 28.4 Å². The van der Waals surface area contributed by atoms with Crippen molar-refractivity contribution >= 4 is 28.6 Å². The molecular weight excluding hydrogens is 406 g/mol. The van der Waals surface area contributed by atoms with E-state index in [1.54, 1.807) is 12.3 Å². The Labute approximate surface area is 184 Å². The van der Waals surface area contributed by atoms with Crippen LogP contribution in [0.25, 0.3) is 28.2 Å². The molecule has 0 spiro atoms. The summed E-state index contributed by atoms with van der Waals surface area (Å²) in [5, 5.41) is 20.7. The number of hydrogen-bond donors (Lipinski definition) is 2. The molecule has 5 rings (SSSR count). The van der Waals surface area contributed by atoms with E-state index < -0.39 is 5.78 Å². The number of allylic oxidation sites excluding steroid dienone is 1. The average molecular weight is 427 g/mol. The van der Waals surface area contributed by atoms with Crippen LogP contribution in [0.2, 0.25) is 0 Å². The minimum Gasteiger partial charge on any atom is -0.508 e. The molecule has 0 amide bonds. The number of pyridine rings is 1. The van der Waals surface area contributed by atoms with Gasteiger partial charge in [-0.2, -0.15) is 0 Å². The maximum Gasteiger partial charge on any atom is 0.235 e. The minimum atomic E-state index is -0.436. The first-order valence-corrected chi connectivity index (χ1v) is 10.1. The highest BCUT2D eigenvalue weighted by Gasteiger charge is 2.31. The highest BCUT2D eigenvalue weighted by atomic mass is 16.5. The molecule has 1 aliphatic heterocycles. The Morgan fingerprint density at radius 1 is 1.12 bits per heavy atom. The number of aryl methyl sites for hydroxylation is 1. The molecule has 2 N–H and O–H groups in total. The van der Waals surface area contributed by atoms with Gasteiger partial charge in [0.25, 0.3) is 0 Å². The summed E-state index contributed by atoms with van der Waals surface area (Å²) < 4.78 is 7.59. The molecule has 0 saturated carbocycles. The second kappa shape index (κ2) is 7.16. The number of rotatable bonds is 3. The first kappa shape index (κ1) is 19.7. The number of aromatic hydroxyl groups is 2. The summed E-state index contributed by atoms with van der Waals surface area (Å²) in [7, 11) is 5.88. The van der Waals surface area contributed by atoms with Crippen molar-refractivity contribution in [3.05, 3.63) is 71.7 Å². The summed E-state index contributed by atoms with van der Waals surface area (Å²) in [6.07, 6.45) is 5.31. The fourth-order valence-corrected chi connectivity index (χ4v) is 4.06. The molecule has 0 unspecified atom stereocenters. The maximum atomic E-state index is 12.9. The van der Waals surface area contributed by atoms with Crippen LogP contribution in [0, 0.1) is 0 Å². The standard InChI is InChI=1S/C25H21N3O4/c1-27(2)16-6-4-5-14(9-16)18-7-8-26-25-22(18)15(13-28(25)3)10-21-24(31)23-19(30)11-17(29)12-20(23)32-21/h4-13,29-30H,1-3H3/b21-10-. The van der Waals surface area contributed by atoms with Crippen LogP contribution < -0.4 is 9.64 Å². The Bertz CT molecular complexity index is 1430. The molecule has 7 heteroatoms. The van der Waals surface area contributed by atoms with Gasteiger partial charge in [-0.1, -0.05) is 12.1 Å². The van der Waals surface area contributed by atoms with Crippen LogP contribution in [0.4, 0.5) is 5.69 Å². The van der Waals surface area contributed by atoms with E-state index in [1.165, 1.54) is 6.07 Å². The van der Waals surface area contributed by atoms with E-state index in [-0.39, 0.29) is 28.6 Å². The van der Waals surface area contributed by atoms with Crippen molar-refractivity contribution in [2.24, 2.45) is 7.05 Å². The van der Waals surface area contributed by atoms with Gasteiger partial charge in [0.15, 0.2) is 5.76 Å². The first-order valence-electron chi connectivity index (χ1n) is 10.1. The fraction of sp³-hybridized carbons (Fsp3) is 0.120. The second-order valence-electron chi connectivity index (χ2n) is 7.98. The van der Waals surface area contributed by atoms with Gasteiger partial charge in [0, 0.05) is 62.3 Å². The number of fused-ring (bicyclic) bond motifs is 2. The van der Waals surface area contributed by atoms with Gasteiger partial charge < -0.3 is 24.4 Å². The maximum absolute atomic E-state index is 12.9. The van der Waals surface area contributed by atoms with Crippen LogP contribution in [0.1, 0.15) is 15.9 Å². The zero-order valence-electron chi connectivity index (χ0n) is 17.8. The van der Waals surface area contributed by atoms with Crippen molar-refractivity contribution in [2.45, 2.75) is 0 Å². The van der Waals surface area contributed by atoms with E-state index >= 15 is 0 Å². The Balaban J connectivity index is 1.68. The minimum absolute atomic E-state index is 0.0475. The molecule has 160 valence electrons. The lowest BCUT2D eigenvalue weighted by molar-refractivity contribution is 0.101. The highest BCUT2D eigenvalue weighted by molar-refractivity contribution is 6.17. The number of Topliss-reactive ketones (excluding diaryl/α,β-unsaturated/α-hetero) is 1. The van der Waals surface area contributed by atoms with E-state index in [0.29, 0.717) is 0 Å².